The lowest BCUT2D eigenvalue weighted by atomic mass is 10.2. The van der Waals surface area contributed by atoms with Gasteiger partial charge in [0.2, 0.25) is 0 Å². The molecule has 4 nitrogen and oxygen atoms in total. The van der Waals surface area contributed by atoms with Crippen molar-refractivity contribution in [1.29, 1.82) is 0 Å². The lowest BCUT2D eigenvalue weighted by molar-refractivity contribution is -0.133. The second-order valence-corrected chi connectivity index (χ2v) is 5.89. The second kappa shape index (κ2) is 6.63. The molecule has 0 aliphatic carbocycles. The molecule has 0 saturated carbocycles. The number of benzene rings is 1. The standard InChI is InChI=1S/C16H16N2O2S/c19-15(12-20-14-6-2-1-3-7-14)18-9-10-21-16(18)13-5-4-8-17-11-13/h1-8,11,16H,9-10,12H2/t16-/m1/s1. The first kappa shape index (κ1) is 13.9. The van der Waals surface area contributed by atoms with Crippen LogP contribution in [0.1, 0.15) is 10.9 Å². The van der Waals surface area contributed by atoms with Crippen molar-refractivity contribution in [2.75, 3.05) is 18.9 Å². The van der Waals surface area contributed by atoms with Gasteiger partial charge in [-0.2, -0.15) is 0 Å². The van der Waals surface area contributed by atoms with Gasteiger partial charge >= 0.3 is 0 Å². The highest BCUT2D eigenvalue weighted by molar-refractivity contribution is 7.99. The van der Waals surface area contributed by atoms with Crippen LogP contribution in [0.2, 0.25) is 0 Å². The van der Waals surface area contributed by atoms with Crippen LogP contribution in [-0.2, 0) is 4.79 Å². The summed E-state index contributed by atoms with van der Waals surface area (Å²) < 4.78 is 5.55. The Kier molecular flexibility index (Phi) is 4.40. The summed E-state index contributed by atoms with van der Waals surface area (Å²) in [6.45, 7) is 0.822. The average molecular weight is 300 g/mol. The van der Waals surface area contributed by atoms with Gasteiger partial charge in [-0.15, -0.1) is 11.8 Å². The second-order valence-electron chi connectivity index (χ2n) is 4.70. The third kappa shape index (κ3) is 3.36. The number of ether oxygens (including phenoxy) is 1. The molecule has 1 aromatic carbocycles. The highest BCUT2D eigenvalue weighted by atomic mass is 32.2. The topological polar surface area (TPSA) is 42.4 Å². The average Bonchev–Trinajstić information content (AvgIpc) is 3.04. The normalized spacial score (nSPS) is 17.7. The maximum absolute atomic E-state index is 12.4. The number of pyridine rings is 1. The van der Waals surface area contributed by atoms with Gasteiger partial charge in [0.15, 0.2) is 6.61 Å². The van der Waals surface area contributed by atoms with E-state index in [0.717, 1.165) is 23.6 Å². The van der Waals surface area contributed by atoms with Crippen LogP contribution in [0.5, 0.6) is 5.75 Å². The maximum Gasteiger partial charge on any atom is 0.261 e. The van der Waals surface area contributed by atoms with E-state index in [9.17, 15) is 4.79 Å². The smallest absolute Gasteiger partial charge is 0.261 e. The van der Waals surface area contributed by atoms with E-state index in [1.54, 1.807) is 18.0 Å². The van der Waals surface area contributed by atoms with Crippen molar-refractivity contribution in [3.8, 4) is 5.75 Å². The number of amides is 1. The quantitative estimate of drug-likeness (QED) is 0.871. The molecular formula is C16H16N2O2S. The molecule has 1 saturated heterocycles. The van der Waals surface area contributed by atoms with Crippen molar-refractivity contribution in [3.05, 3.63) is 60.4 Å². The molecule has 0 radical (unpaired) electrons. The van der Waals surface area contributed by atoms with Crippen molar-refractivity contribution in [2.45, 2.75) is 5.37 Å². The minimum atomic E-state index is 0.0118. The number of para-hydroxylation sites is 1. The minimum Gasteiger partial charge on any atom is -0.484 e. The Morgan fingerprint density at radius 3 is 2.90 bits per heavy atom. The van der Waals surface area contributed by atoms with Crippen molar-refractivity contribution < 1.29 is 9.53 Å². The van der Waals surface area contributed by atoms with E-state index in [1.807, 2.05) is 53.6 Å². The molecule has 1 aromatic heterocycles. The highest BCUT2D eigenvalue weighted by Gasteiger charge is 2.30. The van der Waals surface area contributed by atoms with Crippen LogP contribution < -0.4 is 4.74 Å². The van der Waals surface area contributed by atoms with Crippen molar-refractivity contribution in [3.63, 3.8) is 0 Å². The van der Waals surface area contributed by atoms with Crippen LogP contribution in [0, 0.1) is 0 Å². The third-order valence-electron chi connectivity index (χ3n) is 3.29. The predicted octanol–water partition coefficient (Wildman–Crippen LogP) is 2.73. The Morgan fingerprint density at radius 1 is 1.29 bits per heavy atom. The van der Waals surface area contributed by atoms with Gasteiger partial charge in [0.1, 0.15) is 11.1 Å². The lowest BCUT2D eigenvalue weighted by Gasteiger charge is -2.23. The first-order valence-electron chi connectivity index (χ1n) is 6.83. The fourth-order valence-electron chi connectivity index (χ4n) is 2.27. The maximum atomic E-state index is 12.4. The molecule has 3 rings (SSSR count). The van der Waals surface area contributed by atoms with Gasteiger partial charge in [0, 0.05) is 30.3 Å². The van der Waals surface area contributed by atoms with Crippen LogP contribution in [0.4, 0.5) is 0 Å². The molecule has 1 fully saturated rings. The van der Waals surface area contributed by atoms with E-state index in [-0.39, 0.29) is 17.9 Å². The summed E-state index contributed by atoms with van der Waals surface area (Å²) in [5.74, 6) is 1.67. The first-order chi connectivity index (χ1) is 10.3. The zero-order chi connectivity index (χ0) is 14.5. The molecule has 0 spiro atoms. The number of carbonyl (C=O) groups excluding carboxylic acids is 1. The van der Waals surface area contributed by atoms with Crippen LogP contribution in [-0.4, -0.2) is 34.7 Å². The minimum absolute atomic E-state index is 0.0118. The molecule has 1 aliphatic rings. The Labute approximate surface area is 128 Å². The number of aromatic nitrogens is 1. The van der Waals surface area contributed by atoms with E-state index in [0.29, 0.717) is 0 Å². The summed E-state index contributed by atoms with van der Waals surface area (Å²) in [5, 5.41) is 0.0468. The number of hydrogen-bond donors (Lipinski definition) is 0. The van der Waals surface area contributed by atoms with E-state index in [1.165, 1.54) is 0 Å². The molecule has 5 heteroatoms. The van der Waals surface area contributed by atoms with Crippen LogP contribution >= 0.6 is 11.8 Å². The molecule has 1 aliphatic heterocycles. The zero-order valence-electron chi connectivity index (χ0n) is 11.5. The van der Waals surface area contributed by atoms with Gasteiger partial charge in [-0.3, -0.25) is 9.78 Å². The summed E-state index contributed by atoms with van der Waals surface area (Å²) in [6.07, 6.45) is 3.56. The molecule has 1 amide bonds. The van der Waals surface area contributed by atoms with E-state index >= 15 is 0 Å². The Balaban J connectivity index is 1.64. The molecule has 21 heavy (non-hydrogen) atoms. The monoisotopic (exact) mass is 300 g/mol. The van der Waals surface area contributed by atoms with Gasteiger partial charge in [-0.1, -0.05) is 24.3 Å². The fourth-order valence-corrected chi connectivity index (χ4v) is 3.53. The van der Waals surface area contributed by atoms with Gasteiger partial charge in [-0.05, 0) is 18.2 Å². The molecule has 0 N–H and O–H groups in total. The van der Waals surface area contributed by atoms with Gasteiger partial charge in [0.05, 0.1) is 0 Å². The molecule has 0 unspecified atom stereocenters. The number of thioether (sulfide) groups is 1. The predicted molar refractivity (Wildman–Crippen MR) is 83.1 cm³/mol. The van der Waals surface area contributed by atoms with Gasteiger partial charge in [-0.25, -0.2) is 0 Å². The Hall–Kier alpha value is -2.01. The van der Waals surface area contributed by atoms with Crippen molar-refractivity contribution >= 4 is 17.7 Å². The van der Waals surface area contributed by atoms with E-state index < -0.39 is 0 Å². The third-order valence-corrected chi connectivity index (χ3v) is 4.55. The fraction of sp³-hybridized carbons (Fsp3) is 0.250. The molecule has 2 aromatic rings. The SMILES string of the molecule is O=C(COc1ccccc1)N1CCS[C@@H]1c1cccnc1. The summed E-state index contributed by atoms with van der Waals surface area (Å²) >= 11 is 1.76. The molecule has 108 valence electrons. The van der Waals surface area contributed by atoms with E-state index in [2.05, 4.69) is 4.98 Å². The van der Waals surface area contributed by atoms with Crippen LogP contribution in [0.15, 0.2) is 54.9 Å². The summed E-state index contributed by atoms with van der Waals surface area (Å²) in [4.78, 5) is 18.4. The number of nitrogens with zero attached hydrogens (tertiary/aromatic N) is 2. The molecule has 2 heterocycles. The first-order valence-corrected chi connectivity index (χ1v) is 7.88. The zero-order valence-corrected chi connectivity index (χ0v) is 12.3. The summed E-state index contributed by atoms with van der Waals surface area (Å²) in [7, 11) is 0. The Morgan fingerprint density at radius 2 is 2.14 bits per heavy atom. The largest absolute Gasteiger partial charge is 0.484 e. The Bertz CT molecular complexity index is 592. The number of carbonyl (C=O) groups is 1. The number of rotatable bonds is 4. The van der Waals surface area contributed by atoms with Gasteiger partial charge < -0.3 is 9.64 Å². The van der Waals surface area contributed by atoms with Crippen molar-refractivity contribution in [2.24, 2.45) is 0 Å². The molecular weight excluding hydrogens is 284 g/mol. The lowest BCUT2D eigenvalue weighted by Crippen LogP contribution is -2.34. The molecule has 1 atom stereocenters. The summed E-state index contributed by atoms with van der Waals surface area (Å²) in [6, 6.07) is 13.3. The highest BCUT2D eigenvalue weighted by Crippen LogP contribution is 2.37. The molecule has 0 bridgehead atoms. The van der Waals surface area contributed by atoms with Crippen LogP contribution in [0.3, 0.4) is 0 Å². The number of hydrogen-bond acceptors (Lipinski definition) is 4. The van der Waals surface area contributed by atoms with Crippen molar-refractivity contribution in [1.82, 2.24) is 9.88 Å². The van der Waals surface area contributed by atoms with Gasteiger partial charge in [0.25, 0.3) is 5.91 Å². The summed E-state index contributed by atoms with van der Waals surface area (Å²) in [5.41, 5.74) is 1.06. The van der Waals surface area contributed by atoms with Crippen LogP contribution in [0.25, 0.3) is 0 Å². The van der Waals surface area contributed by atoms with E-state index in [4.69, 9.17) is 4.74 Å².